The molecule has 0 aliphatic carbocycles. The molecule has 0 aromatic heterocycles. The van der Waals surface area contributed by atoms with Crippen LogP contribution in [-0.4, -0.2) is 12.5 Å². The molecule has 1 aromatic carbocycles. The Balaban J connectivity index is 2.61. The van der Waals surface area contributed by atoms with Gasteiger partial charge in [-0.1, -0.05) is 13.3 Å². The third kappa shape index (κ3) is 4.01. The lowest BCUT2D eigenvalue weighted by atomic mass is 10.0. The van der Waals surface area contributed by atoms with Crippen LogP contribution in [0.2, 0.25) is 0 Å². The van der Waals surface area contributed by atoms with Crippen molar-refractivity contribution in [3.63, 3.8) is 0 Å². The SMILES string of the molecule is CCCC(Cl)CCc1cc(F)ccc1OC. The molecule has 0 bridgehead atoms. The maximum atomic E-state index is 13.1. The predicted octanol–water partition coefficient (Wildman–Crippen LogP) is 4.17. The van der Waals surface area contributed by atoms with E-state index in [9.17, 15) is 4.39 Å². The highest BCUT2D eigenvalue weighted by molar-refractivity contribution is 6.20. The van der Waals surface area contributed by atoms with E-state index in [1.807, 2.05) is 0 Å². The van der Waals surface area contributed by atoms with Crippen LogP contribution in [0, 0.1) is 5.82 Å². The monoisotopic (exact) mass is 244 g/mol. The summed E-state index contributed by atoms with van der Waals surface area (Å²) in [4.78, 5) is 0. The first-order valence-corrected chi connectivity index (χ1v) is 6.07. The van der Waals surface area contributed by atoms with Crippen LogP contribution in [0.5, 0.6) is 5.75 Å². The minimum absolute atomic E-state index is 0.165. The summed E-state index contributed by atoms with van der Waals surface area (Å²) in [7, 11) is 1.60. The normalized spacial score (nSPS) is 12.5. The van der Waals surface area contributed by atoms with E-state index in [2.05, 4.69) is 6.92 Å². The van der Waals surface area contributed by atoms with Gasteiger partial charge in [-0.3, -0.25) is 0 Å². The Morgan fingerprint density at radius 1 is 1.38 bits per heavy atom. The molecule has 0 amide bonds. The highest BCUT2D eigenvalue weighted by atomic mass is 35.5. The van der Waals surface area contributed by atoms with E-state index in [4.69, 9.17) is 16.3 Å². The van der Waals surface area contributed by atoms with Gasteiger partial charge in [0.2, 0.25) is 0 Å². The number of hydrogen-bond donors (Lipinski definition) is 0. The molecule has 0 heterocycles. The highest BCUT2D eigenvalue weighted by Gasteiger charge is 2.08. The zero-order chi connectivity index (χ0) is 12.0. The van der Waals surface area contributed by atoms with Crippen molar-refractivity contribution in [1.82, 2.24) is 0 Å². The largest absolute Gasteiger partial charge is 0.496 e. The second kappa shape index (κ2) is 6.74. The molecule has 1 nitrogen and oxygen atoms in total. The number of rotatable bonds is 6. The summed E-state index contributed by atoms with van der Waals surface area (Å²) in [5, 5.41) is 0.165. The van der Waals surface area contributed by atoms with Gasteiger partial charge >= 0.3 is 0 Å². The number of benzene rings is 1. The van der Waals surface area contributed by atoms with Crippen molar-refractivity contribution in [1.29, 1.82) is 0 Å². The van der Waals surface area contributed by atoms with Crippen LogP contribution >= 0.6 is 11.6 Å². The van der Waals surface area contributed by atoms with Gasteiger partial charge < -0.3 is 4.74 Å². The number of alkyl halides is 1. The third-order valence-corrected chi connectivity index (χ3v) is 3.01. The summed E-state index contributed by atoms with van der Waals surface area (Å²) in [5.74, 6) is 0.513. The fourth-order valence-electron chi connectivity index (χ4n) is 1.71. The van der Waals surface area contributed by atoms with Crippen molar-refractivity contribution in [2.45, 2.75) is 38.0 Å². The lowest BCUT2D eigenvalue weighted by Crippen LogP contribution is -2.02. The summed E-state index contributed by atoms with van der Waals surface area (Å²) >= 11 is 6.13. The van der Waals surface area contributed by atoms with Gasteiger partial charge in [0.1, 0.15) is 11.6 Å². The number of hydrogen-bond acceptors (Lipinski definition) is 1. The fraction of sp³-hybridized carbons (Fsp3) is 0.538. The molecule has 1 aromatic rings. The van der Waals surface area contributed by atoms with Crippen molar-refractivity contribution in [2.24, 2.45) is 0 Å². The van der Waals surface area contributed by atoms with Crippen LogP contribution in [0.4, 0.5) is 4.39 Å². The average Bonchev–Trinajstić information content (AvgIpc) is 2.27. The Morgan fingerprint density at radius 2 is 2.12 bits per heavy atom. The zero-order valence-corrected chi connectivity index (χ0v) is 10.6. The first kappa shape index (κ1) is 13.3. The quantitative estimate of drug-likeness (QED) is 0.683. The van der Waals surface area contributed by atoms with E-state index >= 15 is 0 Å². The zero-order valence-electron chi connectivity index (χ0n) is 9.80. The van der Waals surface area contributed by atoms with Crippen molar-refractivity contribution in [2.75, 3.05) is 7.11 Å². The molecular formula is C13H18ClFO. The van der Waals surface area contributed by atoms with E-state index in [0.29, 0.717) is 0 Å². The van der Waals surface area contributed by atoms with Gasteiger partial charge in [0.05, 0.1) is 7.11 Å². The van der Waals surface area contributed by atoms with Crippen LogP contribution < -0.4 is 4.74 Å². The number of aryl methyl sites for hydroxylation is 1. The number of methoxy groups -OCH3 is 1. The smallest absolute Gasteiger partial charge is 0.123 e. The summed E-state index contributed by atoms with van der Waals surface area (Å²) in [6, 6.07) is 4.59. The predicted molar refractivity (Wildman–Crippen MR) is 65.8 cm³/mol. The van der Waals surface area contributed by atoms with Crippen molar-refractivity contribution >= 4 is 11.6 Å². The maximum Gasteiger partial charge on any atom is 0.123 e. The Bertz CT molecular complexity index is 328. The molecule has 1 atom stereocenters. The van der Waals surface area contributed by atoms with E-state index in [1.54, 1.807) is 13.2 Å². The van der Waals surface area contributed by atoms with Gasteiger partial charge in [0, 0.05) is 5.38 Å². The lowest BCUT2D eigenvalue weighted by Gasteiger charge is -2.11. The van der Waals surface area contributed by atoms with Gasteiger partial charge in [0.15, 0.2) is 0 Å². The molecular weight excluding hydrogens is 227 g/mol. The topological polar surface area (TPSA) is 9.23 Å². The molecule has 16 heavy (non-hydrogen) atoms. The Labute approximate surface area is 102 Å². The minimum Gasteiger partial charge on any atom is -0.496 e. The van der Waals surface area contributed by atoms with Crippen molar-refractivity contribution in [3.8, 4) is 5.75 Å². The summed E-state index contributed by atoms with van der Waals surface area (Å²) in [6.45, 7) is 2.11. The molecule has 1 unspecified atom stereocenters. The Morgan fingerprint density at radius 3 is 2.75 bits per heavy atom. The van der Waals surface area contributed by atoms with E-state index < -0.39 is 0 Å². The van der Waals surface area contributed by atoms with Crippen molar-refractivity contribution in [3.05, 3.63) is 29.6 Å². The van der Waals surface area contributed by atoms with Gasteiger partial charge in [-0.25, -0.2) is 4.39 Å². The second-order valence-electron chi connectivity index (χ2n) is 3.88. The summed E-state index contributed by atoms with van der Waals surface area (Å²) in [5.41, 5.74) is 0.893. The van der Waals surface area contributed by atoms with E-state index in [1.165, 1.54) is 12.1 Å². The van der Waals surface area contributed by atoms with Gasteiger partial charge in [-0.2, -0.15) is 0 Å². The number of ether oxygens (including phenoxy) is 1. The first-order valence-electron chi connectivity index (χ1n) is 5.63. The molecule has 0 saturated heterocycles. The second-order valence-corrected chi connectivity index (χ2v) is 4.50. The first-order chi connectivity index (χ1) is 7.67. The van der Waals surface area contributed by atoms with Crippen LogP contribution in [0.1, 0.15) is 31.7 Å². The molecule has 1 rings (SSSR count). The van der Waals surface area contributed by atoms with Gasteiger partial charge in [0.25, 0.3) is 0 Å². The van der Waals surface area contributed by atoms with Crippen LogP contribution in [0.15, 0.2) is 18.2 Å². The van der Waals surface area contributed by atoms with Crippen molar-refractivity contribution < 1.29 is 9.13 Å². The molecule has 0 fully saturated rings. The maximum absolute atomic E-state index is 13.1. The number of halogens is 2. The lowest BCUT2D eigenvalue weighted by molar-refractivity contribution is 0.407. The molecule has 0 N–H and O–H groups in total. The van der Waals surface area contributed by atoms with E-state index in [0.717, 1.165) is 37.0 Å². The molecule has 0 radical (unpaired) electrons. The van der Waals surface area contributed by atoms with Crippen LogP contribution in [-0.2, 0) is 6.42 Å². The van der Waals surface area contributed by atoms with Gasteiger partial charge in [-0.05, 0) is 43.0 Å². The fourth-order valence-corrected chi connectivity index (χ4v) is 2.04. The molecule has 90 valence electrons. The minimum atomic E-state index is -0.225. The van der Waals surface area contributed by atoms with E-state index in [-0.39, 0.29) is 11.2 Å². The Hall–Kier alpha value is -0.760. The van der Waals surface area contributed by atoms with Crippen LogP contribution in [0.25, 0.3) is 0 Å². The molecule has 0 saturated carbocycles. The molecule has 3 heteroatoms. The summed E-state index contributed by atoms with van der Waals surface area (Å²) < 4.78 is 18.3. The standard InChI is InChI=1S/C13H18ClFO/c1-3-4-11(14)6-5-10-9-12(15)7-8-13(10)16-2/h7-9,11H,3-6H2,1-2H3. The average molecular weight is 245 g/mol. The molecule has 0 spiro atoms. The Kier molecular flexibility index (Phi) is 5.61. The molecule has 0 aliphatic heterocycles. The third-order valence-electron chi connectivity index (χ3n) is 2.57. The summed E-state index contributed by atoms with van der Waals surface area (Å²) in [6.07, 6.45) is 3.69. The molecule has 0 aliphatic rings. The highest BCUT2D eigenvalue weighted by Crippen LogP contribution is 2.23. The van der Waals surface area contributed by atoms with Gasteiger partial charge in [-0.15, -0.1) is 11.6 Å². The van der Waals surface area contributed by atoms with Crippen LogP contribution in [0.3, 0.4) is 0 Å².